The Bertz CT molecular complexity index is 1250. The summed E-state index contributed by atoms with van der Waals surface area (Å²) in [4.78, 5) is 12.6. The van der Waals surface area contributed by atoms with Crippen LogP contribution in [0.25, 0.3) is 0 Å². The lowest BCUT2D eigenvalue weighted by Gasteiger charge is -2.06. The van der Waals surface area contributed by atoms with E-state index in [1.165, 1.54) is 0 Å². The zero-order valence-corrected chi connectivity index (χ0v) is 19.2. The van der Waals surface area contributed by atoms with Crippen LogP contribution in [-0.4, -0.2) is 15.7 Å². The number of furan rings is 1. The molecule has 0 saturated carbocycles. The number of benzene rings is 2. The van der Waals surface area contributed by atoms with Gasteiger partial charge in [0.2, 0.25) is 0 Å². The zero-order chi connectivity index (χ0) is 22.7. The van der Waals surface area contributed by atoms with Gasteiger partial charge in [0.05, 0.1) is 6.54 Å². The van der Waals surface area contributed by atoms with Gasteiger partial charge in [0.1, 0.15) is 23.1 Å². The second kappa shape index (κ2) is 9.69. The molecule has 6 nitrogen and oxygen atoms in total. The summed E-state index contributed by atoms with van der Waals surface area (Å²) in [5.41, 5.74) is 1.91. The van der Waals surface area contributed by atoms with Crippen LogP contribution in [0.2, 0.25) is 15.1 Å². The van der Waals surface area contributed by atoms with E-state index in [4.69, 9.17) is 44.0 Å². The third-order valence-electron chi connectivity index (χ3n) is 4.60. The molecule has 4 rings (SSSR count). The Morgan fingerprint density at radius 2 is 1.84 bits per heavy atom. The smallest absolute Gasteiger partial charge is 0.292 e. The van der Waals surface area contributed by atoms with Gasteiger partial charge in [0, 0.05) is 16.2 Å². The van der Waals surface area contributed by atoms with Crippen LogP contribution in [0.5, 0.6) is 5.75 Å². The molecule has 2 heterocycles. The van der Waals surface area contributed by atoms with Gasteiger partial charge in [-0.05, 0) is 60.5 Å². The monoisotopic (exact) mass is 489 g/mol. The Hall–Kier alpha value is -2.93. The number of nitrogens with one attached hydrogen (secondary N) is 1. The van der Waals surface area contributed by atoms with Crippen LogP contribution in [0.15, 0.2) is 65.2 Å². The Morgan fingerprint density at radius 3 is 2.59 bits per heavy atom. The predicted molar refractivity (Wildman–Crippen MR) is 125 cm³/mol. The van der Waals surface area contributed by atoms with Gasteiger partial charge in [0.15, 0.2) is 11.6 Å². The number of rotatable bonds is 7. The minimum absolute atomic E-state index is 0.124. The summed E-state index contributed by atoms with van der Waals surface area (Å²) in [5.74, 6) is 1.07. The lowest BCUT2D eigenvalue weighted by molar-refractivity contribution is 0.0992. The number of nitrogens with zero attached hydrogens (tertiary/aromatic N) is 2. The van der Waals surface area contributed by atoms with Gasteiger partial charge in [-0.15, -0.1) is 0 Å². The van der Waals surface area contributed by atoms with Gasteiger partial charge < -0.3 is 14.5 Å². The average molecular weight is 491 g/mol. The maximum Gasteiger partial charge on any atom is 0.292 e. The number of aromatic nitrogens is 2. The first-order chi connectivity index (χ1) is 15.4. The summed E-state index contributed by atoms with van der Waals surface area (Å²) in [6.07, 6.45) is 1.64. The Balaban J connectivity index is 1.37. The van der Waals surface area contributed by atoms with Crippen molar-refractivity contribution in [1.82, 2.24) is 9.78 Å². The minimum Gasteiger partial charge on any atom is -0.486 e. The summed E-state index contributed by atoms with van der Waals surface area (Å²) < 4.78 is 12.9. The topological polar surface area (TPSA) is 69.3 Å². The first-order valence-electron chi connectivity index (χ1n) is 9.64. The fourth-order valence-corrected chi connectivity index (χ4v) is 3.39. The van der Waals surface area contributed by atoms with Crippen molar-refractivity contribution >= 4 is 46.5 Å². The zero-order valence-electron chi connectivity index (χ0n) is 16.9. The molecule has 0 aliphatic heterocycles. The molecule has 164 valence electrons. The van der Waals surface area contributed by atoms with Crippen molar-refractivity contribution in [2.24, 2.45) is 0 Å². The number of aryl methyl sites for hydroxylation is 1. The molecule has 2 aromatic heterocycles. The highest BCUT2D eigenvalue weighted by Gasteiger charge is 2.16. The van der Waals surface area contributed by atoms with Crippen LogP contribution in [0, 0.1) is 6.92 Å². The van der Waals surface area contributed by atoms with Gasteiger partial charge in [-0.3, -0.25) is 9.48 Å². The molecule has 2 aromatic carbocycles. The van der Waals surface area contributed by atoms with Crippen molar-refractivity contribution in [3.05, 3.63) is 98.5 Å². The van der Waals surface area contributed by atoms with Gasteiger partial charge in [-0.25, -0.2) is 0 Å². The molecule has 32 heavy (non-hydrogen) atoms. The fourth-order valence-electron chi connectivity index (χ4n) is 2.95. The number of ether oxygens (including phenoxy) is 1. The molecule has 0 bridgehead atoms. The van der Waals surface area contributed by atoms with E-state index in [1.54, 1.807) is 47.3 Å². The largest absolute Gasteiger partial charge is 0.486 e. The second-order valence-electron chi connectivity index (χ2n) is 7.07. The Labute approximate surface area is 199 Å². The second-order valence-corrected chi connectivity index (χ2v) is 8.32. The Morgan fingerprint density at radius 1 is 1.06 bits per heavy atom. The van der Waals surface area contributed by atoms with Crippen LogP contribution in [0.1, 0.15) is 27.4 Å². The van der Waals surface area contributed by atoms with E-state index in [2.05, 4.69) is 10.4 Å². The van der Waals surface area contributed by atoms with E-state index in [0.29, 0.717) is 33.1 Å². The minimum atomic E-state index is -0.461. The molecule has 0 unspecified atom stereocenters. The Kier molecular flexibility index (Phi) is 6.74. The lowest BCUT2D eigenvalue weighted by atomic mass is 10.2. The van der Waals surface area contributed by atoms with Crippen molar-refractivity contribution < 1.29 is 13.9 Å². The molecule has 0 fully saturated rings. The number of carbonyl (C=O) groups excluding carboxylic acids is 1. The quantitative estimate of drug-likeness (QED) is 0.316. The van der Waals surface area contributed by atoms with Crippen molar-refractivity contribution in [2.75, 3.05) is 5.32 Å². The molecule has 0 aliphatic carbocycles. The predicted octanol–water partition coefficient (Wildman–Crippen LogP) is 6.62. The van der Waals surface area contributed by atoms with E-state index in [9.17, 15) is 4.79 Å². The van der Waals surface area contributed by atoms with Crippen LogP contribution < -0.4 is 10.1 Å². The van der Waals surface area contributed by atoms with E-state index in [0.717, 1.165) is 11.1 Å². The highest BCUT2D eigenvalue weighted by atomic mass is 35.5. The highest BCUT2D eigenvalue weighted by Crippen LogP contribution is 2.23. The molecule has 0 radical (unpaired) electrons. The van der Waals surface area contributed by atoms with E-state index in [1.807, 2.05) is 25.1 Å². The van der Waals surface area contributed by atoms with Gasteiger partial charge >= 0.3 is 0 Å². The van der Waals surface area contributed by atoms with Crippen molar-refractivity contribution in [1.29, 1.82) is 0 Å². The standard InChI is InChI=1S/C23H18Cl3N3O3/c1-14-10-17(6-8-19(14)25)31-13-18-7-9-21(32-18)23(30)27-22-20(26)12-29(28-22)11-15-2-4-16(24)5-3-15/h2-10,12H,11,13H2,1H3,(H,27,28,30). The van der Waals surface area contributed by atoms with E-state index < -0.39 is 5.91 Å². The van der Waals surface area contributed by atoms with E-state index in [-0.39, 0.29) is 18.2 Å². The maximum absolute atomic E-state index is 12.6. The molecule has 0 atom stereocenters. The first-order valence-corrected chi connectivity index (χ1v) is 10.8. The van der Waals surface area contributed by atoms with Gasteiger partial charge in [-0.2, -0.15) is 5.10 Å². The van der Waals surface area contributed by atoms with E-state index >= 15 is 0 Å². The maximum atomic E-state index is 12.6. The lowest BCUT2D eigenvalue weighted by Crippen LogP contribution is -2.12. The molecule has 1 N–H and O–H groups in total. The van der Waals surface area contributed by atoms with Crippen molar-refractivity contribution in [2.45, 2.75) is 20.1 Å². The summed E-state index contributed by atoms with van der Waals surface area (Å²) in [6.45, 7) is 2.55. The first kappa shape index (κ1) is 22.3. The van der Waals surface area contributed by atoms with Crippen LogP contribution in [0.4, 0.5) is 5.82 Å². The van der Waals surface area contributed by atoms with Crippen LogP contribution in [-0.2, 0) is 13.2 Å². The fraction of sp³-hybridized carbons (Fsp3) is 0.130. The summed E-state index contributed by atoms with van der Waals surface area (Å²) in [7, 11) is 0. The van der Waals surface area contributed by atoms with Crippen molar-refractivity contribution in [3.63, 3.8) is 0 Å². The molecule has 0 saturated heterocycles. The number of anilines is 1. The summed E-state index contributed by atoms with van der Waals surface area (Å²) in [6, 6.07) is 16.0. The molecular formula is C23H18Cl3N3O3. The molecule has 4 aromatic rings. The third kappa shape index (κ3) is 5.46. The van der Waals surface area contributed by atoms with Crippen molar-refractivity contribution in [3.8, 4) is 5.75 Å². The average Bonchev–Trinajstić information content (AvgIpc) is 3.37. The van der Waals surface area contributed by atoms with Gasteiger partial charge in [0.25, 0.3) is 5.91 Å². The molecule has 1 amide bonds. The number of amides is 1. The molecule has 9 heteroatoms. The SMILES string of the molecule is Cc1cc(OCc2ccc(C(=O)Nc3nn(Cc4ccc(Cl)cc4)cc3Cl)o2)ccc1Cl. The number of halogens is 3. The normalized spacial score (nSPS) is 10.9. The molecule has 0 aliphatic rings. The van der Waals surface area contributed by atoms with Crippen LogP contribution >= 0.6 is 34.8 Å². The summed E-state index contributed by atoms with van der Waals surface area (Å²) in [5, 5.41) is 8.65. The number of hydrogen-bond acceptors (Lipinski definition) is 4. The van der Waals surface area contributed by atoms with Gasteiger partial charge in [-0.1, -0.05) is 46.9 Å². The highest BCUT2D eigenvalue weighted by molar-refractivity contribution is 6.33. The van der Waals surface area contributed by atoms with Crippen LogP contribution in [0.3, 0.4) is 0 Å². The number of carbonyl (C=O) groups is 1. The summed E-state index contributed by atoms with van der Waals surface area (Å²) >= 11 is 18.2. The third-order valence-corrected chi connectivity index (χ3v) is 5.56. The molecular weight excluding hydrogens is 473 g/mol. The number of hydrogen-bond donors (Lipinski definition) is 1. The molecule has 0 spiro atoms.